The molecular weight excluding hydrogens is 326 g/mol. The van der Waals surface area contributed by atoms with Gasteiger partial charge in [-0.2, -0.15) is 5.26 Å². The van der Waals surface area contributed by atoms with Gasteiger partial charge in [-0.1, -0.05) is 11.6 Å². The van der Waals surface area contributed by atoms with Crippen LogP contribution in [0.25, 0.3) is 0 Å². The molecule has 5 heteroatoms. The fourth-order valence-electron chi connectivity index (χ4n) is 1.68. The molecule has 1 aromatic carbocycles. The minimum atomic E-state index is 0.573. The second kappa shape index (κ2) is 5.60. The number of pyridine rings is 1. The quantitative estimate of drug-likeness (QED) is 0.862. The van der Waals surface area contributed by atoms with Crippen molar-refractivity contribution >= 4 is 39.0 Å². The highest BCUT2D eigenvalue weighted by Crippen LogP contribution is 2.31. The van der Waals surface area contributed by atoms with Crippen molar-refractivity contribution in [3.63, 3.8) is 0 Å². The van der Waals surface area contributed by atoms with Crippen molar-refractivity contribution in [3.05, 3.63) is 50.6 Å². The van der Waals surface area contributed by atoms with E-state index in [2.05, 4.69) is 32.3 Å². The van der Waals surface area contributed by atoms with Crippen LogP contribution in [0.5, 0.6) is 0 Å². The van der Waals surface area contributed by atoms with Crippen LogP contribution < -0.4 is 5.32 Å². The topological polar surface area (TPSA) is 48.7 Å². The van der Waals surface area contributed by atoms with E-state index in [1.165, 1.54) is 0 Å². The average Bonchev–Trinajstić information content (AvgIpc) is 2.35. The van der Waals surface area contributed by atoms with Gasteiger partial charge in [-0.05, 0) is 59.6 Å². The highest BCUT2D eigenvalue weighted by atomic mass is 79.9. The van der Waals surface area contributed by atoms with Crippen LogP contribution in [0.3, 0.4) is 0 Å². The minimum Gasteiger partial charge on any atom is -0.339 e. The molecule has 1 aromatic heterocycles. The maximum atomic E-state index is 8.95. The third kappa shape index (κ3) is 3.25. The van der Waals surface area contributed by atoms with Crippen LogP contribution in [0.1, 0.15) is 16.8 Å². The summed E-state index contributed by atoms with van der Waals surface area (Å²) in [5.74, 6) is 0.622. The van der Waals surface area contributed by atoms with E-state index in [4.69, 9.17) is 16.9 Å². The molecule has 0 radical (unpaired) electrons. The van der Waals surface area contributed by atoms with Crippen LogP contribution in [-0.2, 0) is 0 Å². The standard InChI is InChI=1S/C14H11BrClN3/c1-8-3-11(15)13(6-12(8)16)19-14-5-10(7-17)4-9(2)18-14/h3-6H,1-2H3,(H,18,19). The fourth-order valence-corrected chi connectivity index (χ4v) is 2.40. The number of rotatable bonds is 2. The molecule has 1 N–H and O–H groups in total. The Bertz CT molecular complexity index is 677. The number of aromatic nitrogens is 1. The first-order chi connectivity index (χ1) is 8.99. The molecule has 0 amide bonds. The Morgan fingerprint density at radius 1 is 1.26 bits per heavy atom. The number of aryl methyl sites for hydroxylation is 2. The zero-order chi connectivity index (χ0) is 14.0. The molecule has 0 spiro atoms. The van der Waals surface area contributed by atoms with E-state index in [0.29, 0.717) is 16.4 Å². The van der Waals surface area contributed by atoms with Crippen molar-refractivity contribution in [3.8, 4) is 6.07 Å². The van der Waals surface area contributed by atoms with Crippen molar-refractivity contribution in [2.75, 3.05) is 5.32 Å². The normalized spacial score (nSPS) is 10.1. The molecule has 2 aromatic rings. The van der Waals surface area contributed by atoms with E-state index in [-0.39, 0.29) is 0 Å². The molecule has 19 heavy (non-hydrogen) atoms. The molecular formula is C14H11BrClN3. The van der Waals surface area contributed by atoms with Crippen molar-refractivity contribution in [1.82, 2.24) is 4.98 Å². The number of nitrogens with one attached hydrogen (secondary N) is 1. The first-order valence-corrected chi connectivity index (χ1v) is 6.78. The molecule has 0 aliphatic heterocycles. The smallest absolute Gasteiger partial charge is 0.131 e. The van der Waals surface area contributed by atoms with Gasteiger partial charge in [-0.3, -0.25) is 0 Å². The second-order valence-electron chi connectivity index (χ2n) is 4.20. The molecule has 0 aliphatic carbocycles. The summed E-state index contributed by atoms with van der Waals surface area (Å²) in [5.41, 5.74) is 3.17. The number of benzene rings is 1. The summed E-state index contributed by atoms with van der Waals surface area (Å²) in [7, 11) is 0. The van der Waals surface area contributed by atoms with E-state index >= 15 is 0 Å². The Hall–Kier alpha value is -1.57. The lowest BCUT2D eigenvalue weighted by atomic mass is 10.2. The SMILES string of the molecule is Cc1cc(C#N)cc(Nc2cc(Cl)c(C)cc2Br)n1. The maximum absolute atomic E-state index is 8.95. The number of hydrogen-bond donors (Lipinski definition) is 1. The molecule has 0 saturated heterocycles. The molecule has 0 fully saturated rings. The van der Waals surface area contributed by atoms with E-state index in [9.17, 15) is 0 Å². The second-order valence-corrected chi connectivity index (χ2v) is 5.46. The molecule has 2 rings (SSSR count). The summed E-state index contributed by atoms with van der Waals surface area (Å²) < 4.78 is 0.899. The number of nitriles is 1. The third-order valence-electron chi connectivity index (χ3n) is 2.59. The lowest BCUT2D eigenvalue weighted by Crippen LogP contribution is -1.97. The number of nitrogens with zero attached hydrogens (tertiary/aromatic N) is 2. The van der Waals surface area contributed by atoms with Gasteiger partial charge in [0, 0.05) is 15.2 Å². The highest BCUT2D eigenvalue weighted by Gasteiger charge is 2.06. The van der Waals surface area contributed by atoms with Crippen LogP contribution in [0, 0.1) is 25.2 Å². The molecule has 1 heterocycles. The van der Waals surface area contributed by atoms with Gasteiger partial charge in [0.25, 0.3) is 0 Å². The Morgan fingerprint density at radius 2 is 2.00 bits per heavy atom. The number of hydrogen-bond acceptors (Lipinski definition) is 3. The van der Waals surface area contributed by atoms with E-state index in [1.54, 1.807) is 12.1 Å². The van der Waals surface area contributed by atoms with Gasteiger partial charge in [0.15, 0.2) is 0 Å². The zero-order valence-electron chi connectivity index (χ0n) is 10.5. The van der Waals surface area contributed by atoms with Gasteiger partial charge in [0.1, 0.15) is 5.82 Å². The fraction of sp³-hybridized carbons (Fsp3) is 0.143. The highest BCUT2D eigenvalue weighted by molar-refractivity contribution is 9.10. The summed E-state index contributed by atoms with van der Waals surface area (Å²) >= 11 is 9.59. The first kappa shape index (κ1) is 13.9. The van der Waals surface area contributed by atoms with Gasteiger partial charge in [-0.15, -0.1) is 0 Å². The Morgan fingerprint density at radius 3 is 2.68 bits per heavy atom. The summed E-state index contributed by atoms with van der Waals surface area (Å²) in [5, 5.41) is 12.8. The molecule has 96 valence electrons. The van der Waals surface area contributed by atoms with Crippen LogP contribution in [0.4, 0.5) is 11.5 Å². The Kier molecular flexibility index (Phi) is 4.08. The number of halogens is 2. The molecule has 0 aliphatic rings. The third-order valence-corrected chi connectivity index (χ3v) is 3.66. The van der Waals surface area contributed by atoms with Gasteiger partial charge in [-0.25, -0.2) is 4.98 Å². The van der Waals surface area contributed by atoms with Gasteiger partial charge >= 0.3 is 0 Å². The summed E-state index contributed by atoms with van der Waals surface area (Å²) in [6.07, 6.45) is 0. The zero-order valence-corrected chi connectivity index (χ0v) is 12.8. The molecule has 0 atom stereocenters. The van der Waals surface area contributed by atoms with Crippen molar-refractivity contribution < 1.29 is 0 Å². The largest absolute Gasteiger partial charge is 0.339 e. The lowest BCUT2D eigenvalue weighted by Gasteiger charge is -2.10. The lowest BCUT2D eigenvalue weighted by molar-refractivity contribution is 1.19. The minimum absolute atomic E-state index is 0.573. The monoisotopic (exact) mass is 335 g/mol. The van der Waals surface area contributed by atoms with Gasteiger partial charge in [0.05, 0.1) is 17.3 Å². The first-order valence-electron chi connectivity index (χ1n) is 5.61. The van der Waals surface area contributed by atoms with Gasteiger partial charge < -0.3 is 5.32 Å². The Labute approximate surface area is 125 Å². The van der Waals surface area contributed by atoms with Crippen molar-refractivity contribution in [2.45, 2.75) is 13.8 Å². The summed E-state index contributed by atoms with van der Waals surface area (Å²) in [6.45, 7) is 3.79. The molecule has 3 nitrogen and oxygen atoms in total. The Balaban J connectivity index is 2.39. The summed E-state index contributed by atoms with van der Waals surface area (Å²) in [6, 6.07) is 9.32. The molecule has 0 unspecified atom stereocenters. The van der Waals surface area contributed by atoms with Crippen LogP contribution in [0.2, 0.25) is 5.02 Å². The van der Waals surface area contributed by atoms with Crippen molar-refractivity contribution in [1.29, 1.82) is 5.26 Å². The van der Waals surface area contributed by atoms with Crippen LogP contribution in [-0.4, -0.2) is 4.98 Å². The van der Waals surface area contributed by atoms with E-state index < -0.39 is 0 Å². The number of anilines is 2. The molecule has 0 bridgehead atoms. The van der Waals surface area contributed by atoms with Crippen LogP contribution in [0.15, 0.2) is 28.7 Å². The van der Waals surface area contributed by atoms with Gasteiger partial charge in [0.2, 0.25) is 0 Å². The predicted octanol–water partition coefficient (Wildman–Crippen LogP) is 4.73. The van der Waals surface area contributed by atoms with Crippen molar-refractivity contribution in [2.24, 2.45) is 0 Å². The average molecular weight is 337 g/mol. The van der Waals surface area contributed by atoms with E-state index in [1.807, 2.05) is 26.0 Å². The maximum Gasteiger partial charge on any atom is 0.131 e. The summed E-state index contributed by atoms with van der Waals surface area (Å²) in [4.78, 5) is 4.34. The van der Waals surface area contributed by atoms with E-state index in [0.717, 1.165) is 21.4 Å². The predicted molar refractivity (Wildman–Crippen MR) is 80.9 cm³/mol. The molecule has 0 saturated carbocycles. The van der Waals surface area contributed by atoms with Crippen LogP contribution >= 0.6 is 27.5 Å².